The van der Waals surface area contributed by atoms with Gasteiger partial charge >= 0.3 is 0 Å². The summed E-state index contributed by atoms with van der Waals surface area (Å²) in [5, 5.41) is 10.1. The van der Waals surface area contributed by atoms with Crippen molar-refractivity contribution in [2.24, 2.45) is 0 Å². The van der Waals surface area contributed by atoms with E-state index in [9.17, 15) is 18.3 Å². The lowest BCUT2D eigenvalue weighted by Crippen LogP contribution is -2.35. The third-order valence-electron chi connectivity index (χ3n) is 3.24. The molecule has 0 saturated heterocycles. The molecule has 0 fully saturated rings. The molecule has 0 spiro atoms. The Labute approximate surface area is 118 Å². The molecule has 0 radical (unpaired) electrons. The second kappa shape index (κ2) is 5.29. The quantitative estimate of drug-likeness (QED) is 0.866. The highest BCUT2D eigenvalue weighted by molar-refractivity contribution is 5.41. The largest absolute Gasteiger partial charge is 0.486 e. The molecule has 2 unspecified atom stereocenters. The molecular weight excluding hydrogens is 285 g/mol. The average molecular weight is 296 g/mol. The molecular formula is C15H11F3O3. The minimum absolute atomic E-state index is 0.0311. The van der Waals surface area contributed by atoms with E-state index in [-0.39, 0.29) is 12.2 Å². The van der Waals surface area contributed by atoms with Crippen molar-refractivity contribution in [2.75, 3.05) is 6.61 Å². The van der Waals surface area contributed by atoms with Gasteiger partial charge in [-0.3, -0.25) is 0 Å². The van der Waals surface area contributed by atoms with Gasteiger partial charge in [0.1, 0.15) is 18.5 Å². The summed E-state index contributed by atoms with van der Waals surface area (Å²) in [7, 11) is 0. The Morgan fingerprint density at radius 1 is 1.00 bits per heavy atom. The van der Waals surface area contributed by atoms with E-state index in [2.05, 4.69) is 0 Å². The van der Waals surface area contributed by atoms with Crippen LogP contribution in [0.1, 0.15) is 11.7 Å². The van der Waals surface area contributed by atoms with Crippen LogP contribution in [-0.4, -0.2) is 17.8 Å². The molecule has 21 heavy (non-hydrogen) atoms. The van der Waals surface area contributed by atoms with Gasteiger partial charge in [0.25, 0.3) is 0 Å². The zero-order valence-corrected chi connectivity index (χ0v) is 10.7. The van der Waals surface area contributed by atoms with Crippen LogP contribution < -0.4 is 9.47 Å². The number of aliphatic hydroxyl groups is 1. The number of ether oxygens (including phenoxy) is 2. The number of aliphatic hydroxyl groups excluding tert-OH is 1. The Morgan fingerprint density at radius 2 is 1.67 bits per heavy atom. The number of hydrogen-bond donors (Lipinski definition) is 1. The molecule has 110 valence electrons. The van der Waals surface area contributed by atoms with Crippen LogP contribution in [0, 0.1) is 17.5 Å². The predicted molar refractivity (Wildman–Crippen MR) is 67.6 cm³/mol. The molecule has 1 heterocycles. The molecule has 2 aromatic rings. The van der Waals surface area contributed by atoms with Crippen LogP contribution in [0.5, 0.6) is 11.5 Å². The smallest absolute Gasteiger partial charge is 0.163 e. The summed E-state index contributed by atoms with van der Waals surface area (Å²) >= 11 is 0. The molecule has 2 atom stereocenters. The fourth-order valence-electron chi connectivity index (χ4n) is 2.16. The second-order valence-electron chi connectivity index (χ2n) is 4.65. The number of para-hydroxylation sites is 2. The van der Waals surface area contributed by atoms with Gasteiger partial charge in [-0.15, -0.1) is 0 Å². The van der Waals surface area contributed by atoms with Crippen molar-refractivity contribution in [1.29, 1.82) is 0 Å². The number of rotatable bonds is 2. The zero-order valence-electron chi connectivity index (χ0n) is 10.7. The summed E-state index contributed by atoms with van der Waals surface area (Å²) in [6.07, 6.45) is -2.40. The van der Waals surface area contributed by atoms with Crippen LogP contribution in [0.15, 0.2) is 36.4 Å². The zero-order chi connectivity index (χ0) is 15.0. The lowest BCUT2D eigenvalue weighted by atomic mass is 10.0. The highest BCUT2D eigenvalue weighted by atomic mass is 19.2. The minimum Gasteiger partial charge on any atom is -0.486 e. The first-order valence-corrected chi connectivity index (χ1v) is 6.27. The van der Waals surface area contributed by atoms with Crippen LogP contribution in [0.25, 0.3) is 0 Å². The number of halogens is 3. The molecule has 0 bridgehead atoms. The Kier molecular flexibility index (Phi) is 3.47. The number of fused-ring (bicyclic) bond motifs is 1. The molecule has 0 saturated carbocycles. The van der Waals surface area contributed by atoms with E-state index >= 15 is 0 Å². The van der Waals surface area contributed by atoms with E-state index in [4.69, 9.17) is 9.47 Å². The summed E-state index contributed by atoms with van der Waals surface area (Å²) < 4.78 is 50.7. The monoisotopic (exact) mass is 296 g/mol. The van der Waals surface area contributed by atoms with Gasteiger partial charge in [-0.2, -0.15) is 0 Å². The summed E-state index contributed by atoms with van der Waals surface area (Å²) in [6, 6.07) is 7.82. The molecule has 2 aromatic carbocycles. The van der Waals surface area contributed by atoms with Crippen molar-refractivity contribution in [1.82, 2.24) is 0 Å². The summed E-state index contributed by atoms with van der Waals surface area (Å²) in [5.41, 5.74) is -0.373. The van der Waals surface area contributed by atoms with E-state index < -0.39 is 29.7 Å². The van der Waals surface area contributed by atoms with Crippen LogP contribution in [0.3, 0.4) is 0 Å². The van der Waals surface area contributed by atoms with Gasteiger partial charge in [-0.1, -0.05) is 12.1 Å². The summed E-state index contributed by atoms with van der Waals surface area (Å²) in [5.74, 6) is -2.68. The van der Waals surface area contributed by atoms with Crippen molar-refractivity contribution < 1.29 is 27.8 Å². The van der Waals surface area contributed by atoms with Gasteiger partial charge in [0.2, 0.25) is 0 Å². The maximum Gasteiger partial charge on any atom is 0.163 e. The molecule has 3 rings (SSSR count). The van der Waals surface area contributed by atoms with E-state index in [0.29, 0.717) is 23.6 Å². The molecule has 1 aliphatic heterocycles. The first kappa shape index (κ1) is 13.8. The van der Waals surface area contributed by atoms with Crippen molar-refractivity contribution in [3.8, 4) is 11.5 Å². The molecule has 3 nitrogen and oxygen atoms in total. The van der Waals surface area contributed by atoms with Crippen LogP contribution in [0.2, 0.25) is 0 Å². The van der Waals surface area contributed by atoms with E-state index in [1.807, 2.05) is 0 Å². The summed E-state index contributed by atoms with van der Waals surface area (Å²) in [6.45, 7) is -0.0311. The lowest BCUT2D eigenvalue weighted by Gasteiger charge is -2.29. The molecule has 0 amide bonds. The highest BCUT2D eigenvalue weighted by Gasteiger charge is 2.31. The van der Waals surface area contributed by atoms with Gasteiger partial charge in [0, 0.05) is 11.6 Å². The third-order valence-corrected chi connectivity index (χ3v) is 3.24. The van der Waals surface area contributed by atoms with Crippen LogP contribution >= 0.6 is 0 Å². The molecule has 1 N–H and O–H groups in total. The van der Waals surface area contributed by atoms with Crippen molar-refractivity contribution in [2.45, 2.75) is 12.2 Å². The topological polar surface area (TPSA) is 38.7 Å². The molecule has 6 heteroatoms. The van der Waals surface area contributed by atoms with Crippen molar-refractivity contribution >= 4 is 0 Å². The maximum atomic E-state index is 13.7. The Hall–Kier alpha value is -2.21. The van der Waals surface area contributed by atoms with E-state index in [1.165, 1.54) is 0 Å². The highest BCUT2D eigenvalue weighted by Crippen LogP contribution is 2.35. The SMILES string of the molecule is OC(c1cc(F)c(F)cc1F)C1COc2ccccc2O1. The standard InChI is InChI=1S/C15H11F3O3/c16-9-6-11(18)10(17)5-8(9)15(19)14-7-20-12-3-1-2-4-13(12)21-14/h1-6,14-15,19H,7H2. The maximum absolute atomic E-state index is 13.7. The first-order valence-electron chi connectivity index (χ1n) is 6.27. The van der Waals surface area contributed by atoms with Gasteiger partial charge in [-0.05, 0) is 18.2 Å². The second-order valence-corrected chi connectivity index (χ2v) is 4.65. The summed E-state index contributed by atoms with van der Waals surface area (Å²) in [4.78, 5) is 0. The Balaban J connectivity index is 1.87. The lowest BCUT2D eigenvalue weighted by molar-refractivity contribution is -0.0130. The fourth-order valence-corrected chi connectivity index (χ4v) is 2.16. The first-order chi connectivity index (χ1) is 10.1. The Morgan fingerprint density at radius 3 is 2.43 bits per heavy atom. The van der Waals surface area contributed by atoms with Gasteiger partial charge in [0.15, 0.2) is 29.2 Å². The average Bonchev–Trinajstić information content (AvgIpc) is 2.50. The molecule has 0 aromatic heterocycles. The molecule has 0 aliphatic carbocycles. The van der Waals surface area contributed by atoms with Crippen molar-refractivity contribution in [3.63, 3.8) is 0 Å². The third kappa shape index (κ3) is 2.54. The van der Waals surface area contributed by atoms with Crippen LogP contribution in [0.4, 0.5) is 13.2 Å². The van der Waals surface area contributed by atoms with E-state index in [0.717, 1.165) is 0 Å². The van der Waals surface area contributed by atoms with E-state index in [1.54, 1.807) is 24.3 Å². The van der Waals surface area contributed by atoms with Crippen LogP contribution in [-0.2, 0) is 0 Å². The predicted octanol–water partition coefficient (Wildman–Crippen LogP) is 2.98. The Bertz CT molecular complexity index is 675. The van der Waals surface area contributed by atoms with Gasteiger partial charge in [0.05, 0.1) is 0 Å². The van der Waals surface area contributed by atoms with Gasteiger partial charge in [-0.25, -0.2) is 13.2 Å². The molecule has 1 aliphatic rings. The van der Waals surface area contributed by atoms with Gasteiger partial charge < -0.3 is 14.6 Å². The normalized spacial score (nSPS) is 18.4. The number of hydrogen-bond acceptors (Lipinski definition) is 3. The minimum atomic E-state index is -1.48. The van der Waals surface area contributed by atoms with Crippen molar-refractivity contribution in [3.05, 3.63) is 59.4 Å². The fraction of sp³-hybridized carbons (Fsp3) is 0.200. The number of benzene rings is 2.